The van der Waals surface area contributed by atoms with Gasteiger partial charge in [0.05, 0.1) is 5.56 Å². The summed E-state index contributed by atoms with van der Waals surface area (Å²) in [5.74, 6) is 1.52. The van der Waals surface area contributed by atoms with Gasteiger partial charge in [-0.05, 0) is 42.9 Å². The molecule has 16 heavy (non-hydrogen) atoms. The van der Waals surface area contributed by atoms with Crippen LogP contribution in [0.1, 0.15) is 23.2 Å². The number of rotatable bonds is 3. The monoisotopic (exact) mass is 237 g/mol. The highest BCUT2D eigenvalue weighted by Crippen LogP contribution is 2.21. The van der Waals surface area contributed by atoms with E-state index in [1.807, 2.05) is 23.9 Å². The predicted molar refractivity (Wildman–Crippen MR) is 67.4 cm³/mol. The fourth-order valence-electron chi connectivity index (χ4n) is 1.80. The molecule has 1 aliphatic rings. The van der Waals surface area contributed by atoms with Gasteiger partial charge in [0, 0.05) is 17.5 Å². The third-order valence-electron chi connectivity index (χ3n) is 2.66. The van der Waals surface area contributed by atoms with E-state index in [2.05, 4.69) is 5.32 Å². The number of hydrogen-bond donors (Lipinski definition) is 2. The molecule has 2 rings (SSSR count). The molecular weight excluding hydrogens is 222 g/mol. The average molecular weight is 237 g/mol. The zero-order valence-electron chi connectivity index (χ0n) is 8.98. The summed E-state index contributed by atoms with van der Waals surface area (Å²) >= 11 is 1.97. The van der Waals surface area contributed by atoms with Crippen LogP contribution < -0.4 is 5.32 Å². The molecule has 1 fully saturated rings. The van der Waals surface area contributed by atoms with Crippen LogP contribution >= 0.6 is 11.8 Å². The molecule has 1 aromatic carbocycles. The maximum Gasteiger partial charge on any atom is 0.335 e. The second-order valence-corrected chi connectivity index (χ2v) is 5.09. The van der Waals surface area contributed by atoms with Gasteiger partial charge in [-0.3, -0.25) is 0 Å². The summed E-state index contributed by atoms with van der Waals surface area (Å²) in [7, 11) is 0. The lowest BCUT2D eigenvalue weighted by atomic mass is 10.1. The first kappa shape index (κ1) is 11.3. The van der Waals surface area contributed by atoms with E-state index in [0.29, 0.717) is 11.6 Å². The molecule has 0 bridgehead atoms. The molecule has 0 aliphatic carbocycles. The van der Waals surface area contributed by atoms with Crippen LogP contribution in [0, 0.1) is 0 Å². The molecule has 0 spiro atoms. The first-order chi connectivity index (χ1) is 7.75. The van der Waals surface area contributed by atoms with Crippen LogP contribution in [0.2, 0.25) is 0 Å². The fourth-order valence-corrected chi connectivity index (χ4v) is 2.87. The molecule has 1 aliphatic heterocycles. The first-order valence-electron chi connectivity index (χ1n) is 5.43. The third-order valence-corrected chi connectivity index (χ3v) is 3.88. The molecule has 1 atom stereocenters. The number of benzene rings is 1. The van der Waals surface area contributed by atoms with E-state index in [-0.39, 0.29) is 0 Å². The van der Waals surface area contributed by atoms with Crippen LogP contribution in [-0.2, 0) is 0 Å². The molecule has 1 heterocycles. The summed E-state index contributed by atoms with van der Waals surface area (Å²) in [6.45, 7) is 0. The van der Waals surface area contributed by atoms with Crippen molar-refractivity contribution in [3.05, 3.63) is 29.8 Å². The van der Waals surface area contributed by atoms with E-state index < -0.39 is 5.97 Å². The Hall–Kier alpha value is -1.16. The highest BCUT2D eigenvalue weighted by molar-refractivity contribution is 7.99. The maximum absolute atomic E-state index is 10.7. The van der Waals surface area contributed by atoms with Crippen LogP contribution in [-0.4, -0.2) is 28.6 Å². The van der Waals surface area contributed by atoms with Gasteiger partial charge >= 0.3 is 5.97 Å². The normalized spacial score (nSPS) is 20.4. The van der Waals surface area contributed by atoms with Gasteiger partial charge in [-0.25, -0.2) is 4.79 Å². The summed E-state index contributed by atoms with van der Waals surface area (Å²) < 4.78 is 0. The minimum Gasteiger partial charge on any atom is -0.478 e. The first-order valence-corrected chi connectivity index (χ1v) is 6.59. The van der Waals surface area contributed by atoms with Gasteiger partial charge in [0.1, 0.15) is 0 Å². The molecule has 0 radical (unpaired) electrons. The standard InChI is InChI=1S/C12H15NO2S/c14-12(15)9-3-5-10(6-4-9)13-11-2-1-7-16-8-11/h3-6,11,13H,1-2,7-8H2,(H,14,15). The molecular formula is C12H15NO2S. The SMILES string of the molecule is O=C(O)c1ccc(NC2CCCSC2)cc1. The van der Waals surface area contributed by atoms with Crippen molar-refractivity contribution in [3.8, 4) is 0 Å². The summed E-state index contributed by atoms with van der Waals surface area (Å²) in [4.78, 5) is 10.7. The Balaban J connectivity index is 1.96. The number of nitrogens with one attached hydrogen (secondary N) is 1. The highest BCUT2D eigenvalue weighted by Gasteiger charge is 2.13. The summed E-state index contributed by atoms with van der Waals surface area (Å²) in [6.07, 6.45) is 2.46. The number of anilines is 1. The quantitative estimate of drug-likeness (QED) is 0.848. The molecule has 0 amide bonds. The lowest BCUT2D eigenvalue weighted by Crippen LogP contribution is -2.25. The molecule has 1 aromatic rings. The molecule has 3 nitrogen and oxygen atoms in total. The zero-order valence-corrected chi connectivity index (χ0v) is 9.80. The second kappa shape index (κ2) is 5.25. The molecule has 2 N–H and O–H groups in total. The lowest BCUT2D eigenvalue weighted by Gasteiger charge is -2.23. The fraction of sp³-hybridized carbons (Fsp3) is 0.417. The number of hydrogen-bond acceptors (Lipinski definition) is 3. The Morgan fingerprint density at radius 2 is 2.12 bits per heavy atom. The molecule has 0 aromatic heterocycles. The summed E-state index contributed by atoms with van der Waals surface area (Å²) in [5, 5.41) is 12.2. The molecule has 86 valence electrons. The average Bonchev–Trinajstić information content (AvgIpc) is 2.31. The molecule has 4 heteroatoms. The largest absolute Gasteiger partial charge is 0.478 e. The minimum atomic E-state index is -0.875. The van der Waals surface area contributed by atoms with E-state index in [9.17, 15) is 4.79 Å². The predicted octanol–water partition coefficient (Wildman–Crippen LogP) is 2.69. The molecule has 1 saturated heterocycles. The minimum absolute atomic E-state index is 0.337. The van der Waals surface area contributed by atoms with Crippen molar-refractivity contribution >= 4 is 23.4 Å². The Labute approximate surface area is 99.2 Å². The van der Waals surface area contributed by atoms with Crippen LogP contribution in [0.5, 0.6) is 0 Å². The number of carboxylic acid groups (broad SMARTS) is 1. The topological polar surface area (TPSA) is 49.3 Å². The van der Waals surface area contributed by atoms with Crippen molar-refractivity contribution in [2.75, 3.05) is 16.8 Å². The Morgan fingerprint density at radius 3 is 2.69 bits per heavy atom. The van der Waals surface area contributed by atoms with Crippen molar-refractivity contribution in [2.45, 2.75) is 18.9 Å². The number of aromatic carboxylic acids is 1. The van der Waals surface area contributed by atoms with E-state index in [1.54, 1.807) is 12.1 Å². The Kier molecular flexibility index (Phi) is 3.72. The maximum atomic E-state index is 10.7. The smallest absolute Gasteiger partial charge is 0.335 e. The zero-order chi connectivity index (χ0) is 11.4. The van der Waals surface area contributed by atoms with Gasteiger partial charge in [0.25, 0.3) is 0 Å². The Bertz CT molecular complexity index is 358. The van der Waals surface area contributed by atoms with Crippen molar-refractivity contribution in [2.24, 2.45) is 0 Å². The van der Waals surface area contributed by atoms with Gasteiger partial charge in [0.15, 0.2) is 0 Å². The second-order valence-electron chi connectivity index (χ2n) is 3.94. The van der Waals surface area contributed by atoms with Gasteiger partial charge < -0.3 is 10.4 Å². The van der Waals surface area contributed by atoms with E-state index >= 15 is 0 Å². The third kappa shape index (κ3) is 2.92. The van der Waals surface area contributed by atoms with Crippen LogP contribution in [0.25, 0.3) is 0 Å². The number of carboxylic acids is 1. The van der Waals surface area contributed by atoms with Gasteiger partial charge in [0.2, 0.25) is 0 Å². The van der Waals surface area contributed by atoms with Crippen LogP contribution in [0.15, 0.2) is 24.3 Å². The summed E-state index contributed by atoms with van der Waals surface area (Å²) in [5.41, 5.74) is 1.35. The lowest BCUT2D eigenvalue weighted by molar-refractivity contribution is 0.0697. The molecule has 0 saturated carbocycles. The van der Waals surface area contributed by atoms with Crippen molar-refractivity contribution < 1.29 is 9.90 Å². The van der Waals surface area contributed by atoms with E-state index in [4.69, 9.17) is 5.11 Å². The van der Waals surface area contributed by atoms with E-state index in [1.165, 1.54) is 18.6 Å². The van der Waals surface area contributed by atoms with Crippen LogP contribution in [0.3, 0.4) is 0 Å². The summed E-state index contributed by atoms with van der Waals surface area (Å²) in [6, 6.07) is 7.47. The van der Waals surface area contributed by atoms with Crippen molar-refractivity contribution in [1.82, 2.24) is 0 Å². The van der Waals surface area contributed by atoms with Gasteiger partial charge in [-0.15, -0.1) is 0 Å². The van der Waals surface area contributed by atoms with Crippen LogP contribution in [0.4, 0.5) is 5.69 Å². The van der Waals surface area contributed by atoms with Crippen molar-refractivity contribution in [3.63, 3.8) is 0 Å². The highest BCUT2D eigenvalue weighted by atomic mass is 32.2. The number of carbonyl (C=O) groups is 1. The number of thioether (sulfide) groups is 1. The van der Waals surface area contributed by atoms with Crippen molar-refractivity contribution in [1.29, 1.82) is 0 Å². The Morgan fingerprint density at radius 1 is 1.38 bits per heavy atom. The molecule has 1 unspecified atom stereocenters. The van der Waals surface area contributed by atoms with Gasteiger partial charge in [-0.1, -0.05) is 0 Å². The van der Waals surface area contributed by atoms with Gasteiger partial charge in [-0.2, -0.15) is 11.8 Å². The van der Waals surface area contributed by atoms with E-state index in [0.717, 1.165) is 11.4 Å².